The van der Waals surface area contributed by atoms with Crippen molar-refractivity contribution >= 4 is 16.5 Å². The van der Waals surface area contributed by atoms with Gasteiger partial charge in [-0.05, 0) is 24.3 Å². The molecule has 100 valence electrons. The van der Waals surface area contributed by atoms with E-state index in [0.717, 1.165) is 6.07 Å². The van der Waals surface area contributed by atoms with E-state index in [4.69, 9.17) is 5.73 Å². The lowest BCUT2D eigenvalue weighted by atomic mass is 10.3. The number of aryl methyl sites for hydroxylation is 1. The van der Waals surface area contributed by atoms with Gasteiger partial charge in [-0.25, -0.2) is 4.39 Å². The molecule has 0 spiro atoms. The van der Waals surface area contributed by atoms with E-state index >= 15 is 0 Å². The minimum absolute atomic E-state index is 0.109. The van der Waals surface area contributed by atoms with Gasteiger partial charge in [0, 0.05) is 30.2 Å². The molecule has 0 aliphatic carbocycles. The molecule has 2 rings (SSSR count). The lowest BCUT2D eigenvalue weighted by molar-refractivity contribution is 0.594. The topological polar surface area (TPSA) is 65.1 Å². The van der Waals surface area contributed by atoms with Crippen LogP contribution in [0.3, 0.4) is 0 Å². The average molecular weight is 280 g/mol. The minimum Gasteiger partial charge on any atom is -0.399 e. The summed E-state index contributed by atoms with van der Waals surface area (Å²) >= 11 is 0. The van der Waals surface area contributed by atoms with Crippen molar-refractivity contribution in [1.29, 1.82) is 0 Å². The van der Waals surface area contributed by atoms with Gasteiger partial charge in [-0.1, -0.05) is 6.07 Å². The van der Waals surface area contributed by atoms with Crippen molar-refractivity contribution in [2.24, 2.45) is 0 Å². The van der Waals surface area contributed by atoms with Crippen LogP contribution in [0.25, 0.3) is 0 Å². The number of nitrogen functional groups attached to an aromatic ring is 1. The maximum Gasteiger partial charge on any atom is 0.250 e. The van der Waals surface area contributed by atoms with Crippen molar-refractivity contribution in [3.63, 3.8) is 0 Å². The van der Waals surface area contributed by atoms with Crippen LogP contribution < -0.4 is 11.3 Å². The van der Waals surface area contributed by atoms with E-state index < -0.39 is 16.6 Å². The predicted molar refractivity (Wildman–Crippen MR) is 72.8 cm³/mol. The summed E-state index contributed by atoms with van der Waals surface area (Å²) in [5.74, 6) is -0.413. The molecule has 4 nitrogen and oxygen atoms in total. The van der Waals surface area contributed by atoms with Crippen molar-refractivity contribution in [2.75, 3.05) is 11.5 Å². The zero-order chi connectivity index (χ0) is 13.8. The number of rotatable bonds is 4. The normalized spacial score (nSPS) is 12.3. The average Bonchev–Trinajstić information content (AvgIpc) is 2.37. The Balaban J connectivity index is 2.10. The molecule has 1 unspecified atom stereocenters. The first-order valence-electron chi connectivity index (χ1n) is 5.67. The molecule has 0 saturated heterocycles. The molecule has 0 amide bonds. The molecule has 1 aromatic carbocycles. The molecule has 1 aromatic heterocycles. The quantitative estimate of drug-likeness (QED) is 0.860. The summed E-state index contributed by atoms with van der Waals surface area (Å²) < 4.78 is 27.0. The first kappa shape index (κ1) is 13.5. The fourth-order valence-electron chi connectivity index (χ4n) is 1.64. The summed E-state index contributed by atoms with van der Waals surface area (Å²) in [6, 6.07) is 8.83. The third-order valence-corrected chi connectivity index (χ3v) is 3.99. The van der Waals surface area contributed by atoms with Gasteiger partial charge in [0.15, 0.2) is 0 Å². The minimum atomic E-state index is -1.50. The standard InChI is InChI=1S/C13H13FN2O2S/c14-11-9-10(15)4-5-12(11)19(18)8-7-16-6-2-1-3-13(16)17/h1-6,9H,7-8,15H2. The number of aromatic nitrogens is 1. The maximum atomic E-state index is 13.6. The molecule has 0 aliphatic heterocycles. The van der Waals surface area contributed by atoms with Crippen LogP contribution in [-0.4, -0.2) is 14.5 Å². The van der Waals surface area contributed by atoms with Crippen molar-refractivity contribution in [1.82, 2.24) is 4.57 Å². The Morgan fingerprint density at radius 2 is 2.05 bits per heavy atom. The summed E-state index contributed by atoms with van der Waals surface area (Å²) in [7, 11) is -1.50. The lowest BCUT2D eigenvalue weighted by Crippen LogP contribution is -2.21. The third-order valence-electron chi connectivity index (χ3n) is 2.62. The van der Waals surface area contributed by atoms with E-state index in [9.17, 15) is 13.4 Å². The van der Waals surface area contributed by atoms with Gasteiger partial charge < -0.3 is 10.3 Å². The van der Waals surface area contributed by atoms with Crippen molar-refractivity contribution < 1.29 is 8.60 Å². The number of anilines is 1. The van der Waals surface area contributed by atoms with Gasteiger partial charge in [0.25, 0.3) is 5.56 Å². The molecule has 0 aliphatic rings. The zero-order valence-corrected chi connectivity index (χ0v) is 10.9. The molecular weight excluding hydrogens is 267 g/mol. The van der Waals surface area contributed by atoms with Crippen LogP contribution in [0, 0.1) is 5.82 Å². The van der Waals surface area contributed by atoms with Crippen LogP contribution in [0.15, 0.2) is 52.3 Å². The highest BCUT2D eigenvalue weighted by Gasteiger charge is 2.10. The molecule has 0 bridgehead atoms. The molecule has 1 heterocycles. The first-order valence-corrected chi connectivity index (χ1v) is 6.98. The zero-order valence-electron chi connectivity index (χ0n) is 10.1. The Hall–Kier alpha value is -1.95. The number of nitrogens with two attached hydrogens (primary N) is 1. The number of hydrogen-bond donors (Lipinski definition) is 1. The van der Waals surface area contributed by atoms with Gasteiger partial charge in [0.1, 0.15) is 5.82 Å². The summed E-state index contributed by atoms with van der Waals surface area (Å²) in [4.78, 5) is 11.6. The van der Waals surface area contributed by atoms with Gasteiger partial charge in [-0.2, -0.15) is 0 Å². The van der Waals surface area contributed by atoms with Crippen LogP contribution in [0.4, 0.5) is 10.1 Å². The highest BCUT2D eigenvalue weighted by Crippen LogP contribution is 2.15. The highest BCUT2D eigenvalue weighted by molar-refractivity contribution is 7.85. The Labute approximate surface area is 112 Å². The number of benzene rings is 1. The van der Waals surface area contributed by atoms with E-state index in [2.05, 4.69) is 0 Å². The van der Waals surface area contributed by atoms with E-state index in [1.54, 1.807) is 18.3 Å². The van der Waals surface area contributed by atoms with Crippen molar-refractivity contribution in [3.8, 4) is 0 Å². The lowest BCUT2D eigenvalue weighted by Gasteiger charge is -2.06. The van der Waals surface area contributed by atoms with Crippen LogP contribution in [0.1, 0.15) is 0 Å². The van der Waals surface area contributed by atoms with Crippen LogP contribution in [-0.2, 0) is 17.3 Å². The third kappa shape index (κ3) is 3.29. The second kappa shape index (κ2) is 5.79. The molecular formula is C13H13FN2O2S. The van der Waals surface area contributed by atoms with Crippen LogP contribution in [0.2, 0.25) is 0 Å². The molecule has 2 N–H and O–H groups in total. The number of hydrogen-bond acceptors (Lipinski definition) is 3. The summed E-state index contributed by atoms with van der Waals surface area (Å²) in [5, 5.41) is 0. The molecule has 0 saturated carbocycles. The largest absolute Gasteiger partial charge is 0.399 e. The van der Waals surface area contributed by atoms with Gasteiger partial charge in [0.2, 0.25) is 0 Å². The second-order valence-electron chi connectivity index (χ2n) is 3.97. The van der Waals surface area contributed by atoms with E-state index in [1.807, 2.05) is 0 Å². The van der Waals surface area contributed by atoms with Crippen molar-refractivity contribution in [2.45, 2.75) is 11.4 Å². The summed E-state index contributed by atoms with van der Waals surface area (Å²) in [6.45, 7) is 0.274. The first-order chi connectivity index (χ1) is 9.08. The molecule has 0 fully saturated rings. The molecule has 2 aromatic rings. The van der Waals surface area contributed by atoms with E-state index in [1.165, 1.54) is 22.8 Å². The molecule has 1 atom stereocenters. The monoisotopic (exact) mass is 280 g/mol. The van der Waals surface area contributed by atoms with Gasteiger partial charge in [-0.15, -0.1) is 0 Å². The number of pyridine rings is 1. The van der Waals surface area contributed by atoms with Gasteiger partial charge in [-0.3, -0.25) is 9.00 Å². The van der Waals surface area contributed by atoms with Crippen molar-refractivity contribution in [3.05, 3.63) is 58.8 Å². The Kier molecular flexibility index (Phi) is 4.11. The second-order valence-corrected chi connectivity index (χ2v) is 5.51. The fraction of sp³-hybridized carbons (Fsp3) is 0.154. The SMILES string of the molecule is Nc1ccc(S(=O)CCn2ccccc2=O)c(F)c1. The fourth-order valence-corrected chi connectivity index (χ4v) is 2.72. The van der Waals surface area contributed by atoms with E-state index in [0.29, 0.717) is 0 Å². The Morgan fingerprint density at radius 3 is 2.74 bits per heavy atom. The molecule has 19 heavy (non-hydrogen) atoms. The van der Waals surface area contributed by atoms with E-state index in [-0.39, 0.29) is 28.4 Å². The van der Waals surface area contributed by atoms with Gasteiger partial charge >= 0.3 is 0 Å². The molecule has 6 heteroatoms. The summed E-state index contributed by atoms with van der Waals surface area (Å²) in [6.07, 6.45) is 1.61. The Morgan fingerprint density at radius 1 is 1.26 bits per heavy atom. The highest BCUT2D eigenvalue weighted by atomic mass is 32.2. The van der Waals surface area contributed by atoms with Crippen LogP contribution in [0.5, 0.6) is 0 Å². The molecule has 0 radical (unpaired) electrons. The van der Waals surface area contributed by atoms with Gasteiger partial charge in [0.05, 0.1) is 15.7 Å². The summed E-state index contributed by atoms with van der Waals surface area (Å²) in [5.41, 5.74) is 5.55. The Bertz CT molecular complexity index is 670. The maximum absolute atomic E-state index is 13.6. The number of halogens is 1. The van der Waals surface area contributed by atoms with Crippen LogP contribution >= 0.6 is 0 Å². The smallest absolute Gasteiger partial charge is 0.250 e. The predicted octanol–water partition coefficient (Wildman–Crippen LogP) is 1.38. The number of nitrogens with zero attached hydrogens (tertiary/aromatic N) is 1.